The average Bonchev–Trinajstić information content (AvgIpc) is 3.35. The van der Waals surface area contributed by atoms with Gasteiger partial charge in [-0.3, -0.25) is 4.79 Å². The molecule has 0 bridgehead atoms. The number of hydrogen-bond donors (Lipinski definition) is 1. The van der Waals surface area contributed by atoms with E-state index in [0.717, 1.165) is 12.3 Å². The van der Waals surface area contributed by atoms with Gasteiger partial charge in [-0.2, -0.15) is 4.98 Å². The molecule has 2 aliphatic carbocycles. The molecule has 2 aromatic rings. The molecule has 1 N–H and O–H groups in total. The summed E-state index contributed by atoms with van der Waals surface area (Å²) < 4.78 is 30.3. The Hall–Kier alpha value is -2.05. The Morgan fingerprint density at radius 1 is 1.35 bits per heavy atom. The summed E-state index contributed by atoms with van der Waals surface area (Å²) in [7, 11) is 0. The van der Waals surface area contributed by atoms with E-state index in [4.69, 9.17) is 4.42 Å². The highest BCUT2D eigenvalue weighted by Crippen LogP contribution is 2.63. The number of aromatic amines is 1. The molecular weight excluding hydrogens is 306 g/mol. The van der Waals surface area contributed by atoms with E-state index in [9.17, 15) is 18.4 Å². The van der Waals surface area contributed by atoms with Crippen LogP contribution in [0.4, 0.5) is 8.78 Å². The van der Waals surface area contributed by atoms with Crippen LogP contribution < -0.4 is 11.2 Å². The number of nitrogens with zero attached hydrogens (tertiary/aromatic N) is 1. The van der Waals surface area contributed by atoms with Crippen molar-refractivity contribution < 1.29 is 13.2 Å². The summed E-state index contributed by atoms with van der Waals surface area (Å²) in [5.74, 6) is -0.00447. The number of nitrogens with one attached hydrogen (secondary N) is 1. The lowest BCUT2D eigenvalue weighted by Crippen LogP contribution is -2.17. The van der Waals surface area contributed by atoms with Crippen LogP contribution in [0.2, 0.25) is 0 Å². The van der Waals surface area contributed by atoms with E-state index in [-0.39, 0.29) is 11.1 Å². The largest absolute Gasteiger partial charge is 0.403 e. The molecule has 122 valence electrons. The second kappa shape index (κ2) is 4.97. The molecule has 2 fully saturated rings. The van der Waals surface area contributed by atoms with E-state index in [2.05, 4.69) is 9.97 Å². The molecular formula is C16H16F2N2O3. The van der Waals surface area contributed by atoms with Gasteiger partial charge in [0.05, 0.1) is 0 Å². The standard InChI is InChI=1S/C16H16F2N2O3/c17-12(18)13-19-14(22)11-8(7-10(21)23-15(11)20-13)3-4-16(5-6-16)9-1-2-9/h7,9,12H,1-6H2,(H,19,20,22). The van der Waals surface area contributed by atoms with Gasteiger partial charge in [0.15, 0.2) is 5.82 Å². The monoisotopic (exact) mass is 322 g/mol. The maximum atomic E-state index is 12.7. The predicted molar refractivity (Wildman–Crippen MR) is 78.6 cm³/mol. The molecule has 2 aromatic heterocycles. The highest BCUT2D eigenvalue weighted by Gasteiger charge is 2.52. The molecule has 0 spiro atoms. The number of rotatable bonds is 5. The van der Waals surface area contributed by atoms with Crippen molar-refractivity contribution in [2.45, 2.75) is 45.0 Å². The first-order chi connectivity index (χ1) is 11.0. The van der Waals surface area contributed by atoms with Gasteiger partial charge in [0, 0.05) is 6.07 Å². The minimum atomic E-state index is -2.93. The quantitative estimate of drug-likeness (QED) is 0.918. The molecule has 7 heteroatoms. The third-order valence-corrected chi connectivity index (χ3v) is 5.15. The summed E-state index contributed by atoms with van der Waals surface area (Å²) in [5, 5.41) is 0.112. The Kier molecular flexibility index (Phi) is 3.14. The van der Waals surface area contributed by atoms with E-state index < -0.39 is 23.4 Å². The summed E-state index contributed by atoms with van der Waals surface area (Å²) in [6, 6.07) is 1.28. The molecule has 5 nitrogen and oxygen atoms in total. The zero-order valence-electron chi connectivity index (χ0n) is 12.4. The Morgan fingerprint density at radius 3 is 2.70 bits per heavy atom. The van der Waals surface area contributed by atoms with E-state index in [1.807, 2.05) is 0 Å². The zero-order chi connectivity index (χ0) is 16.2. The van der Waals surface area contributed by atoms with Crippen LogP contribution in [-0.2, 0) is 6.42 Å². The first-order valence-electron chi connectivity index (χ1n) is 7.84. The van der Waals surface area contributed by atoms with Gasteiger partial charge in [-0.05, 0) is 55.4 Å². The number of hydrogen-bond acceptors (Lipinski definition) is 4. The van der Waals surface area contributed by atoms with Gasteiger partial charge in [0.25, 0.3) is 12.0 Å². The minimum Gasteiger partial charge on any atom is -0.403 e. The topological polar surface area (TPSA) is 76.0 Å². The molecule has 0 unspecified atom stereocenters. The Morgan fingerprint density at radius 2 is 2.09 bits per heavy atom. The molecule has 2 heterocycles. The zero-order valence-corrected chi connectivity index (χ0v) is 12.4. The number of aryl methyl sites for hydroxylation is 1. The van der Waals surface area contributed by atoms with Crippen LogP contribution in [0.5, 0.6) is 0 Å². The molecule has 0 atom stereocenters. The molecule has 0 radical (unpaired) electrons. The summed E-state index contributed by atoms with van der Waals surface area (Å²) in [5.41, 5.74) is -0.742. The maximum Gasteiger partial charge on any atom is 0.337 e. The maximum absolute atomic E-state index is 12.7. The number of H-pyrrole nitrogens is 1. The van der Waals surface area contributed by atoms with Crippen LogP contribution in [0.25, 0.3) is 11.1 Å². The Labute approximate surface area is 129 Å². The summed E-state index contributed by atoms with van der Waals surface area (Å²) >= 11 is 0. The molecule has 4 rings (SSSR count). The lowest BCUT2D eigenvalue weighted by molar-refractivity contribution is 0.140. The lowest BCUT2D eigenvalue weighted by atomic mass is 9.91. The average molecular weight is 322 g/mol. The third-order valence-electron chi connectivity index (χ3n) is 5.15. The summed E-state index contributed by atoms with van der Waals surface area (Å²) in [6.07, 6.45) is 3.46. The van der Waals surface area contributed by atoms with Crippen molar-refractivity contribution in [2.75, 3.05) is 0 Å². The van der Waals surface area contributed by atoms with Crippen molar-refractivity contribution in [1.29, 1.82) is 0 Å². The van der Waals surface area contributed by atoms with Gasteiger partial charge in [0.1, 0.15) is 5.39 Å². The van der Waals surface area contributed by atoms with Crippen LogP contribution in [-0.4, -0.2) is 9.97 Å². The molecule has 2 saturated carbocycles. The van der Waals surface area contributed by atoms with Gasteiger partial charge >= 0.3 is 5.63 Å². The fraction of sp³-hybridized carbons (Fsp3) is 0.562. The normalized spacial score (nSPS) is 19.4. The number of aromatic nitrogens is 2. The van der Waals surface area contributed by atoms with Gasteiger partial charge in [-0.1, -0.05) is 0 Å². The van der Waals surface area contributed by atoms with Crippen LogP contribution in [0.1, 0.15) is 49.9 Å². The van der Waals surface area contributed by atoms with Crippen molar-refractivity contribution in [3.05, 3.63) is 38.2 Å². The van der Waals surface area contributed by atoms with Gasteiger partial charge in [-0.15, -0.1) is 0 Å². The Bertz CT molecular complexity index is 879. The summed E-state index contributed by atoms with van der Waals surface area (Å²) in [6.45, 7) is 0. The van der Waals surface area contributed by atoms with E-state index in [1.54, 1.807) is 0 Å². The predicted octanol–water partition coefficient (Wildman–Crippen LogP) is 2.94. The fourth-order valence-corrected chi connectivity index (χ4v) is 3.57. The number of alkyl halides is 2. The van der Waals surface area contributed by atoms with Gasteiger partial charge < -0.3 is 9.40 Å². The molecule has 0 aliphatic heterocycles. The number of halogens is 2. The van der Waals surface area contributed by atoms with Gasteiger partial charge in [-0.25, -0.2) is 13.6 Å². The lowest BCUT2D eigenvalue weighted by Gasteiger charge is -2.14. The van der Waals surface area contributed by atoms with E-state index in [0.29, 0.717) is 17.4 Å². The van der Waals surface area contributed by atoms with Crippen molar-refractivity contribution >= 4 is 11.1 Å². The molecule has 0 aromatic carbocycles. The van der Waals surface area contributed by atoms with Crippen molar-refractivity contribution in [3.63, 3.8) is 0 Å². The summed E-state index contributed by atoms with van der Waals surface area (Å²) in [4.78, 5) is 29.5. The SMILES string of the molecule is O=c1cc(CCC2(C3CC3)CC2)c2c(=O)[nH]c(C(F)F)nc2o1. The van der Waals surface area contributed by atoms with E-state index in [1.165, 1.54) is 31.7 Å². The van der Waals surface area contributed by atoms with E-state index >= 15 is 0 Å². The van der Waals surface area contributed by atoms with Crippen molar-refractivity contribution in [2.24, 2.45) is 11.3 Å². The number of fused-ring (bicyclic) bond motifs is 1. The Balaban J connectivity index is 1.73. The molecule has 0 saturated heterocycles. The van der Waals surface area contributed by atoms with Gasteiger partial charge in [0.2, 0.25) is 5.71 Å². The van der Waals surface area contributed by atoms with Crippen LogP contribution in [0, 0.1) is 11.3 Å². The molecule has 2 aliphatic rings. The third kappa shape index (κ3) is 2.58. The second-order valence-electron chi connectivity index (χ2n) is 6.66. The van der Waals surface area contributed by atoms with Crippen LogP contribution in [0.3, 0.4) is 0 Å². The van der Waals surface area contributed by atoms with Crippen LogP contribution >= 0.6 is 0 Å². The highest BCUT2D eigenvalue weighted by atomic mass is 19.3. The highest BCUT2D eigenvalue weighted by molar-refractivity contribution is 5.75. The second-order valence-corrected chi connectivity index (χ2v) is 6.66. The van der Waals surface area contributed by atoms with Crippen LogP contribution in [0.15, 0.2) is 20.1 Å². The first kappa shape index (κ1) is 14.5. The smallest absolute Gasteiger partial charge is 0.337 e. The minimum absolute atomic E-state index is 0.112. The van der Waals surface area contributed by atoms with Crippen molar-refractivity contribution in [3.8, 4) is 0 Å². The fourth-order valence-electron chi connectivity index (χ4n) is 3.57. The first-order valence-corrected chi connectivity index (χ1v) is 7.84. The molecule has 23 heavy (non-hydrogen) atoms. The molecule has 0 amide bonds. The van der Waals surface area contributed by atoms with Crippen molar-refractivity contribution in [1.82, 2.24) is 9.97 Å².